The third kappa shape index (κ3) is 8.52. The largest absolute Gasteiger partial charge is 0.459 e. The van der Waals surface area contributed by atoms with Crippen LogP contribution in [-0.4, -0.2) is 77.3 Å². The molecule has 2 aromatic heterocycles. The number of para-hydroxylation sites is 1. The number of carbonyl (C=O) groups excluding carboxylic acids is 3. The molecule has 0 saturated carbocycles. The van der Waals surface area contributed by atoms with E-state index in [4.69, 9.17) is 38.5 Å². The summed E-state index contributed by atoms with van der Waals surface area (Å²) >= 11 is 0. The second kappa shape index (κ2) is 15.8. The number of esters is 3. The van der Waals surface area contributed by atoms with Gasteiger partial charge in [-0.3, -0.25) is 18.9 Å². The number of ether oxygens (including phenoxy) is 5. The normalized spacial score (nSPS) is 24.9. The van der Waals surface area contributed by atoms with E-state index in [9.17, 15) is 24.2 Å². The second-order valence-corrected chi connectivity index (χ2v) is 14.6. The van der Waals surface area contributed by atoms with E-state index in [1.54, 1.807) is 64.1 Å². The van der Waals surface area contributed by atoms with E-state index in [1.165, 1.54) is 29.8 Å². The number of aromatic nitrogens is 2. The van der Waals surface area contributed by atoms with Crippen LogP contribution in [0.4, 0.5) is 5.69 Å². The van der Waals surface area contributed by atoms with Crippen molar-refractivity contribution in [1.29, 1.82) is 5.26 Å². The summed E-state index contributed by atoms with van der Waals surface area (Å²) in [7, 11) is -4.57. The van der Waals surface area contributed by atoms with E-state index in [0.717, 1.165) is 0 Å². The molecule has 3 N–H and O–H groups in total. The van der Waals surface area contributed by atoms with E-state index in [-0.39, 0.29) is 12.4 Å². The highest BCUT2D eigenvalue weighted by Gasteiger charge is 2.62. The maximum absolute atomic E-state index is 14.5. The summed E-state index contributed by atoms with van der Waals surface area (Å²) in [4.78, 5) is 39.3. The smallest absolute Gasteiger partial charge is 0.459 e. The first-order chi connectivity index (χ1) is 24.3. The summed E-state index contributed by atoms with van der Waals surface area (Å²) in [6, 6.07) is 13.7. The molecule has 16 nitrogen and oxygen atoms in total. The Bertz CT molecular complexity index is 1810. The van der Waals surface area contributed by atoms with Gasteiger partial charge in [-0.2, -0.15) is 15.4 Å². The SMILES string of the molecule is CC(C)C(=O)O[C@H]1[C@H](c2ccc3c(N)ccnn23)O[C@](C#N)(CO[P@@](=O)(N[C@@H](C)C(=O)O[C@@H]2CCOC2)Oc2ccccc2)[C@H]1OC(=O)C(C)C. The van der Waals surface area contributed by atoms with Gasteiger partial charge in [0.2, 0.25) is 5.60 Å². The van der Waals surface area contributed by atoms with Crippen LogP contribution in [0.25, 0.3) is 5.52 Å². The highest BCUT2D eigenvalue weighted by molar-refractivity contribution is 7.52. The molecular weight excluding hydrogens is 685 g/mol. The zero-order valence-corrected chi connectivity index (χ0v) is 29.8. The van der Waals surface area contributed by atoms with Gasteiger partial charge in [0.15, 0.2) is 12.2 Å². The molecule has 0 bridgehead atoms. The van der Waals surface area contributed by atoms with Crippen molar-refractivity contribution in [1.82, 2.24) is 14.7 Å². The average molecular weight is 728 g/mol. The summed E-state index contributed by atoms with van der Waals surface area (Å²) in [6.07, 6.45) is -2.78. The number of nitriles is 1. The lowest BCUT2D eigenvalue weighted by atomic mass is 9.95. The Morgan fingerprint density at radius 2 is 1.75 bits per heavy atom. The summed E-state index contributed by atoms with van der Waals surface area (Å²) in [5.41, 5.74) is 5.14. The summed E-state index contributed by atoms with van der Waals surface area (Å²) in [6.45, 7) is 7.65. The van der Waals surface area contributed by atoms with E-state index in [2.05, 4.69) is 10.2 Å². The number of hydrogen-bond donors (Lipinski definition) is 2. The molecule has 7 atom stereocenters. The van der Waals surface area contributed by atoms with E-state index >= 15 is 0 Å². The first-order valence-electron chi connectivity index (χ1n) is 16.5. The number of fused-ring (bicyclic) bond motifs is 1. The first-order valence-corrected chi connectivity index (χ1v) is 18.1. The molecule has 0 amide bonds. The number of nitrogen functional groups attached to an aromatic ring is 1. The minimum Gasteiger partial charge on any atom is -0.459 e. The Hall–Kier alpha value is -4.52. The molecule has 0 unspecified atom stereocenters. The zero-order valence-electron chi connectivity index (χ0n) is 28.9. The fourth-order valence-corrected chi connectivity index (χ4v) is 6.92. The van der Waals surface area contributed by atoms with Crippen LogP contribution in [0, 0.1) is 23.2 Å². The topological polar surface area (TPSA) is 212 Å². The van der Waals surface area contributed by atoms with Crippen LogP contribution in [0.2, 0.25) is 0 Å². The van der Waals surface area contributed by atoms with Crippen LogP contribution < -0.4 is 15.3 Å². The Kier molecular flexibility index (Phi) is 11.7. The molecular formula is C34H42N5O11P. The maximum atomic E-state index is 14.5. The maximum Gasteiger partial charge on any atom is 0.459 e. The van der Waals surface area contributed by atoms with Crippen molar-refractivity contribution in [2.45, 2.75) is 77.1 Å². The van der Waals surface area contributed by atoms with Gasteiger partial charge in [0.25, 0.3) is 0 Å². The lowest BCUT2D eigenvalue weighted by Crippen LogP contribution is -2.50. The van der Waals surface area contributed by atoms with Gasteiger partial charge in [0, 0.05) is 12.6 Å². The van der Waals surface area contributed by atoms with Crippen molar-refractivity contribution >= 4 is 36.9 Å². The van der Waals surface area contributed by atoms with E-state index in [1.807, 2.05) is 6.07 Å². The Labute approximate surface area is 295 Å². The summed E-state index contributed by atoms with van der Waals surface area (Å²) in [5.74, 6) is -3.30. The highest BCUT2D eigenvalue weighted by Crippen LogP contribution is 2.50. The van der Waals surface area contributed by atoms with E-state index < -0.39 is 80.2 Å². The number of nitrogens with one attached hydrogen (secondary N) is 1. The number of hydrogen-bond acceptors (Lipinski definition) is 14. The molecule has 2 aliphatic heterocycles. The van der Waals surface area contributed by atoms with Crippen molar-refractivity contribution in [2.75, 3.05) is 25.6 Å². The number of anilines is 1. The lowest BCUT2D eigenvalue weighted by molar-refractivity contribution is -0.173. The molecule has 51 heavy (non-hydrogen) atoms. The number of nitrogens with zero attached hydrogens (tertiary/aromatic N) is 3. The van der Waals surface area contributed by atoms with Crippen LogP contribution in [0.1, 0.15) is 52.8 Å². The van der Waals surface area contributed by atoms with Crippen LogP contribution in [0.3, 0.4) is 0 Å². The van der Waals surface area contributed by atoms with Gasteiger partial charge in [-0.25, -0.2) is 9.08 Å². The molecule has 0 radical (unpaired) electrons. The van der Waals surface area contributed by atoms with Gasteiger partial charge in [-0.1, -0.05) is 45.9 Å². The van der Waals surface area contributed by atoms with Gasteiger partial charge in [0.05, 0.1) is 41.9 Å². The zero-order chi connectivity index (χ0) is 36.9. The molecule has 2 fully saturated rings. The highest BCUT2D eigenvalue weighted by atomic mass is 31.2. The predicted octanol–water partition coefficient (Wildman–Crippen LogP) is 3.90. The summed E-state index contributed by atoms with van der Waals surface area (Å²) in [5, 5.41) is 17.8. The van der Waals surface area contributed by atoms with Crippen molar-refractivity contribution in [3.8, 4) is 11.8 Å². The van der Waals surface area contributed by atoms with Crippen LogP contribution in [0.5, 0.6) is 5.75 Å². The Morgan fingerprint density at radius 1 is 1.04 bits per heavy atom. The first kappa shape index (κ1) is 37.7. The minimum absolute atomic E-state index is 0.115. The molecule has 4 heterocycles. The van der Waals surface area contributed by atoms with Gasteiger partial charge in [0.1, 0.15) is 36.7 Å². The molecule has 0 spiro atoms. The molecule has 1 aromatic carbocycles. The van der Waals surface area contributed by atoms with Crippen molar-refractivity contribution in [3.63, 3.8) is 0 Å². The lowest BCUT2D eigenvalue weighted by Gasteiger charge is -2.31. The molecule has 5 rings (SSSR count). The second-order valence-electron chi connectivity index (χ2n) is 12.9. The molecule has 3 aromatic rings. The fourth-order valence-electron chi connectivity index (χ4n) is 5.40. The van der Waals surface area contributed by atoms with Crippen molar-refractivity contribution < 1.29 is 51.7 Å². The van der Waals surface area contributed by atoms with Crippen LogP contribution in [0.15, 0.2) is 54.7 Å². The molecule has 274 valence electrons. The fraction of sp³-hybridized carbons (Fsp3) is 0.500. The van der Waals surface area contributed by atoms with Gasteiger partial charge in [-0.05, 0) is 37.3 Å². The molecule has 2 saturated heterocycles. The van der Waals surface area contributed by atoms with Gasteiger partial charge in [-0.15, -0.1) is 0 Å². The monoisotopic (exact) mass is 727 g/mol. The predicted molar refractivity (Wildman–Crippen MR) is 180 cm³/mol. The van der Waals surface area contributed by atoms with Crippen LogP contribution >= 0.6 is 7.75 Å². The average Bonchev–Trinajstić information content (AvgIpc) is 3.84. The number of carbonyl (C=O) groups is 3. The quantitative estimate of drug-likeness (QED) is 0.137. The number of nitrogens with two attached hydrogens (primary N) is 1. The minimum atomic E-state index is -4.57. The molecule has 2 aliphatic rings. The third-order valence-electron chi connectivity index (χ3n) is 8.22. The Morgan fingerprint density at radius 3 is 2.39 bits per heavy atom. The van der Waals surface area contributed by atoms with E-state index in [0.29, 0.717) is 29.9 Å². The third-order valence-corrected chi connectivity index (χ3v) is 9.85. The van der Waals surface area contributed by atoms with Gasteiger partial charge < -0.3 is 33.9 Å². The van der Waals surface area contributed by atoms with Gasteiger partial charge >= 0.3 is 25.7 Å². The Balaban J connectivity index is 1.53. The summed E-state index contributed by atoms with van der Waals surface area (Å²) < 4.78 is 56.6. The standard InChI is InChI=1S/C34H42N5O11P/c1-20(2)31(40)47-29-28(27-12-11-26-25(36)13-15-37-39(26)27)49-34(18-35,30(29)48-32(41)21(3)4)19-45-51(43,50-23-9-7-6-8-10-23)38-22(5)33(42)46-24-14-16-44-17-24/h6-13,15,20-22,24,28-30H,14,16-17,19,36H2,1-5H3,(H,38,43)/t22-,24+,28-,29-,30-,34+,51-/m0/s1. The number of benzene rings is 1. The van der Waals surface area contributed by atoms with Crippen LogP contribution in [-0.2, 0) is 47.2 Å². The molecule has 0 aliphatic carbocycles. The number of rotatable bonds is 14. The van der Waals surface area contributed by atoms with Crippen molar-refractivity contribution in [2.24, 2.45) is 11.8 Å². The van der Waals surface area contributed by atoms with Crippen molar-refractivity contribution in [3.05, 3.63) is 60.4 Å². The molecule has 17 heteroatoms.